The second-order valence-corrected chi connectivity index (χ2v) is 29.5. The minimum absolute atomic E-state index is 0.637. The molecule has 0 saturated carbocycles. The smallest absolute Gasteiger partial charge is 0.182 e. The molecule has 0 fully saturated rings. The zero-order valence-electron chi connectivity index (χ0n) is 53.7. The van der Waals surface area contributed by atoms with Crippen molar-refractivity contribution in [2.75, 3.05) is 9.80 Å². The van der Waals surface area contributed by atoms with Crippen LogP contribution < -0.4 is 30.5 Å². The number of hydrogen-bond acceptors (Lipinski definition) is 6. The summed E-state index contributed by atoms with van der Waals surface area (Å²) in [6.45, 7) is 0. The Morgan fingerprint density at radius 1 is 0.182 bits per heavy atom. The molecule has 0 radical (unpaired) electrons. The number of aromatic nitrogens is 4. The highest BCUT2D eigenvalue weighted by atomic mass is 28.3. The molecule has 14 aromatic carbocycles. The van der Waals surface area contributed by atoms with Crippen molar-refractivity contribution in [3.05, 3.63) is 352 Å². The molecule has 0 aliphatic carbocycles. The minimum Gasteiger partial charge on any atom is -0.309 e. The van der Waals surface area contributed by atoms with Gasteiger partial charge in [-0.05, 0) is 103 Å². The van der Waals surface area contributed by atoms with Crippen molar-refractivity contribution in [2.24, 2.45) is 0 Å². The van der Waals surface area contributed by atoms with E-state index in [1.54, 1.807) is 0 Å². The summed E-state index contributed by atoms with van der Waals surface area (Å²) in [6.07, 6.45) is 0. The number of benzene rings is 14. The van der Waals surface area contributed by atoms with Crippen molar-refractivity contribution in [3.8, 4) is 135 Å². The first-order valence-electron chi connectivity index (χ1n) is 33.9. The Labute approximate surface area is 575 Å². The van der Waals surface area contributed by atoms with E-state index in [9.17, 15) is 0 Å². The van der Waals surface area contributed by atoms with Crippen LogP contribution in [0.3, 0.4) is 0 Å². The van der Waals surface area contributed by atoms with Gasteiger partial charge in [-0.15, -0.1) is 0 Å². The molecule has 4 aliphatic heterocycles. The van der Waals surface area contributed by atoms with E-state index in [-0.39, 0.29) is 0 Å². The molecule has 460 valence electrons. The summed E-state index contributed by atoms with van der Waals surface area (Å²) in [7, 11) is -3.66. The van der Waals surface area contributed by atoms with Gasteiger partial charge in [-0.25, -0.2) is 19.9 Å². The second-order valence-electron chi connectivity index (χ2n) is 25.8. The van der Waals surface area contributed by atoms with E-state index in [0.29, 0.717) is 11.6 Å². The lowest BCUT2D eigenvalue weighted by atomic mass is 9.94. The van der Waals surface area contributed by atoms with E-state index in [1.165, 1.54) is 76.4 Å². The van der Waals surface area contributed by atoms with Gasteiger partial charge in [-0.3, -0.25) is 0 Å². The van der Waals surface area contributed by atoms with E-state index in [1.807, 2.05) is 0 Å². The summed E-state index contributed by atoms with van der Waals surface area (Å²) in [5, 5.41) is 5.09. The number of para-hydroxylation sites is 4. The van der Waals surface area contributed by atoms with Crippen LogP contribution in [0, 0.1) is 0 Å². The molecule has 99 heavy (non-hydrogen) atoms. The van der Waals surface area contributed by atoms with Crippen molar-refractivity contribution in [2.45, 2.75) is 0 Å². The van der Waals surface area contributed by atoms with Gasteiger partial charge in [0, 0.05) is 66.8 Å². The second kappa shape index (κ2) is 22.6. The predicted molar refractivity (Wildman–Crippen MR) is 410 cm³/mol. The molecule has 20 rings (SSSR count). The third-order valence-electron chi connectivity index (χ3n) is 20.6. The van der Waals surface area contributed by atoms with Crippen LogP contribution in [0.25, 0.3) is 135 Å². The maximum absolute atomic E-state index is 5.71. The van der Waals surface area contributed by atoms with Gasteiger partial charge >= 0.3 is 0 Å². The van der Waals surface area contributed by atoms with Crippen LogP contribution in [0.4, 0.5) is 34.1 Å². The third kappa shape index (κ3) is 8.61. The molecule has 7 heteroatoms. The Morgan fingerprint density at radius 2 is 0.404 bits per heavy atom. The normalized spacial score (nSPS) is 12.9. The van der Waals surface area contributed by atoms with Gasteiger partial charge in [0.05, 0.1) is 56.9 Å². The molecular weight excluding hydrogens is 1220 g/mol. The van der Waals surface area contributed by atoms with Crippen LogP contribution in [0.15, 0.2) is 352 Å². The first-order chi connectivity index (χ1) is 49.2. The van der Waals surface area contributed by atoms with E-state index in [0.717, 1.165) is 101 Å². The van der Waals surface area contributed by atoms with Crippen molar-refractivity contribution >= 4 is 62.9 Å². The average molecular weight is 1280 g/mol. The summed E-state index contributed by atoms with van der Waals surface area (Å²) < 4.78 is 0. The van der Waals surface area contributed by atoms with Crippen LogP contribution in [0.2, 0.25) is 0 Å². The van der Waals surface area contributed by atoms with Crippen molar-refractivity contribution in [3.63, 3.8) is 0 Å². The SMILES string of the molecule is c1ccc(-c2cc(-c3ccccc3)nc(-c3cccc4c3-c3c(-c5nc(-c6ccccc6)cc(-c6ccccc6)n5)cccc3[Si]43c4cccc(N5c6ccccc6-c6ccccc6-c6ccccc65)c4-c4c(N5c6ccccc6-c6ccccc6-c6ccccc65)cccc43)n2)cc1. The summed E-state index contributed by atoms with van der Waals surface area (Å²) in [5.41, 5.74) is 29.9. The lowest BCUT2D eigenvalue weighted by Crippen LogP contribution is -2.70. The highest BCUT2D eigenvalue weighted by Gasteiger charge is 2.57. The lowest BCUT2D eigenvalue weighted by molar-refractivity contribution is 1.18. The molecule has 0 saturated heterocycles. The van der Waals surface area contributed by atoms with E-state index in [4.69, 9.17) is 19.9 Å². The standard InChI is InChI=1S/C92H58N6Si/c1-5-29-59(30-6-1)73-57-74(60-31-7-2-8-32-60)94-91(93-73)71-45-25-53-83-87(71)88-72(92-95-75(61-33-9-3-10-34-61)58-76(96-92)62-35-11-4-12-36-62)46-26-54-84(88)99(83)85-55-27-51-81(97-77-47-21-17-41-67(77)63-37-13-14-38-64(63)68-42-18-22-48-78(68)97)89(85)90-82(52-28-56-86(90)99)98-79-49-23-19-43-69(79)65-39-15-16-40-66(65)70-44-20-24-50-80(70)98/h1-58H. The molecule has 4 aliphatic rings. The summed E-state index contributed by atoms with van der Waals surface area (Å²) in [4.78, 5) is 28.0. The quantitative estimate of drug-likeness (QED) is 0.141. The highest BCUT2D eigenvalue weighted by Crippen LogP contribution is 2.58. The molecule has 0 amide bonds. The topological polar surface area (TPSA) is 58.0 Å². The summed E-state index contributed by atoms with van der Waals surface area (Å²) in [6, 6.07) is 129. The molecule has 0 unspecified atom stereocenters. The van der Waals surface area contributed by atoms with Crippen LogP contribution in [0.5, 0.6) is 0 Å². The van der Waals surface area contributed by atoms with Gasteiger partial charge in [0.15, 0.2) is 19.7 Å². The number of anilines is 6. The zero-order chi connectivity index (χ0) is 65.1. The van der Waals surface area contributed by atoms with Gasteiger partial charge in [-0.1, -0.05) is 303 Å². The maximum Gasteiger partial charge on any atom is 0.182 e. The summed E-state index contributed by atoms with van der Waals surface area (Å²) >= 11 is 0. The Hall–Kier alpha value is -12.9. The molecule has 0 bridgehead atoms. The number of nitrogens with zero attached hydrogens (tertiary/aromatic N) is 6. The molecule has 16 aromatic rings. The van der Waals surface area contributed by atoms with Crippen LogP contribution in [0.1, 0.15) is 0 Å². The third-order valence-corrected chi connectivity index (χ3v) is 25.5. The molecule has 0 N–H and O–H groups in total. The van der Waals surface area contributed by atoms with Gasteiger partial charge in [0.2, 0.25) is 0 Å². The van der Waals surface area contributed by atoms with Crippen LogP contribution >= 0.6 is 0 Å². The summed E-state index contributed by atoms with van der Waals surface area (Å²) in [5.74, 6) is 1.27. The minimum atomic E-state index is -3.66. The number of rotatable bonds is 8. The van der Waals surface area contributed by atoms with Crippen molar-refractivity contribution < 1.29 is 0 Å². The van der Waals surface area contributed by atoms with E-state index >= 15 is 0 Å². The largest absolute Gasteiger partial charge is 0.309 e. The van der Waals surface area contributed by atoms with Crippen LogP contribution in [-0.4, -0.2) is 28.0 Å². The van der Waals surface area contributed by atoms with Crippen molar-refractivity contribution in [1.29, 1.82) is 0 Å². The van der Waals surface area contributed by atoms with Gasteiger partial charge < -0.3 is 9.80 Å². The molecule has 0 atom stereocenters. The highest BCUT2D eigenvalue weighted by molar-refractivity contribution is 7.24. The lowest BCUT2D eigenvalue weighted by Gasteiger charge is -2.32. The number of hydrogen-bond donors (Lipinski definition) is 0. The first-order valence-corrected chi connectivity index (χ1v) is 35.9. The zero-order valence-corrected chi connectivity index (χ0v) is 54.7. The Balaban J connectivity index is 0.949. The fraction of sp³-hybridized carbons (Fsp3) is 0. The first kappa shape index (κ1) is 56.4. The molecule has 6 heterocycles. The van der Waals surface area contributed by atoms with Gasteiger partial charge in [-0.2, -0.15) is 0 Å². The monoisotopic (exact) mass is 1270 g/mol. The Morgan fingerprint density at radius 3 is 0.697 bits per heavy atom. The van der Waals surface area contributed by atoms with E-state index in [2.05, 4.69) is 362 Å². The molecule has 2 aromatic heterocycles. The maximum atomic E-state index is 5.71. The number of fused-ring (bicyclic) bond motifs is 20. The Bertz CT molecular complexity index is 5340. The molecule has 1 spiro atoms. The Kier molecular flexibility index (Phi) is 12.9. The average Bonchev–Trinajstić information content (AvgIpc) is 1.49. The van der Waals surface area contributed by atoms with Crippen molar-refractivity contribution in [1.82, 2.24) is 19.9 Å². The fourth-order valence-corrected chi connectivity index (χ4v) is 22.2. The van der Waals surface area contributed by atoms with E-state index < -0.39 is 8.07 Å². The fourth-order valence-electron chi connectivity index (χ4n) is 16.5. The predicted octanol–water partition coefficient (Wildman–Crippen LogP) is 20.8. The van der Waals surface area contributed by atoms with Gasteiger partial charge in [0.25, 0.3) is 0 Å². The molecular formula is C92H58N6Si. The van der Waals surface area contributed by atoms with Crippen LogP contribution in [-0.2, 0) is 0 Å². The molecule has 6 nitrogen and oxygen atoms in total. The van der Waals surface area contributed by atoms with Gasteiger partial charge in [0.1, 0.15) is 0 Å².